The number of carbonyl (C=O) groups is 1. The van der Waals surface area contributed by atoms with E-state index in [0.717, 1.165) is 17.8 Å². The number of hydrogen-bond acceptors (Lipinski definition) is 4. The SMILES string of the molecule is O=C(C=Cc1c(Cl)nc2ccccn12)NCCCOCc1ccco1. The average Bonchev–Trinajstić information content (AvgIpc) is 3.23. The van der Waals surface area contributed by atoms with Gasteiger partial charge in [0.25, 0.3) is 0 Å². The molecule has 3 aromatic heterocycles. The second-order valence-electron chi connectivity index (χ2n) is 5.33. The first-order chi connectivity index (χ1) is 12.2. The Bertz CT molecular complexity index is 856. The van der Waals surface area contributed by atoms with Crippen LogP contribution < -0.4 is 5.32 Å². The second kappa shape index (κ2) is 8.50. The Labute approximate surface area is 150 Å². The summed E-state index contributed by atoms with van der Waals surface area (Å²) >= 11 is 6.12. The molecule has 0 fully saturated rings. The quantitative estimate of drug-likeness (QED) is 0.495. The third-order valence-corrected chi connectivity index (χ3v) is 3.78. The predicted molar refractivity (Wildman–Crippen MR) is 95.2 cm³/mol. The van der Waals surface area contributed by atoms with Crippen molar-refractivity contribution in [3.05, 3.63) is 65.5 Å². The van der Waals surface area contributed by atoms with E-state index in [1.54, 1.807) is 12.3 Å². The van der Waals surface area contributed by atoms with Crippen LogP contribution in [0.3, 0.4) is 0 Å². The van der Waals surface area contributed by atoms with Crippen LogP contribution in [0.4, 0.5) is 0 Å². The van der Waals surface area contributed by atoms with Crippen molar-refractivity contribution in [3.8, 4) is 0 Å². The first-order valence-electron chi connectivity index (χ1n) is 7.92. The Kier molecular flexibility index (Phi) is 5.87. The largest absolute Gasteiger partial charge is 0.467 e. The molecule has 0 unspecified atom stereocenters. The molecule has 6 nitrogen and oxygen atoms in total. The maximum atomic E-state index is 11.9. The summed E-state index contributed by atoms with van der Waals surface area (Å²) in [6.45, 7) is 1.51. The van der Waals surface area contributed by atoms with E-state index in [2.05, 4.69) is 10.3 Å². The fourth-order valence-corrected chi connectivity index (χ4v) is 2.54. The summed E-state index contributed by atoms with van der Waals surface area (Å²) < 4.78 is 12.4. The molecular weight excluding hydrogens is 342 g/mol. The third kappa shape index (κ3) is 4.71. The monoisotopic (exact) mass is 359 g/mol. The lowest BCUT2D eigenvalue weighted by molar-refractivity contribution is -0.116. The van der Waals surface area contributed by atoms with Gasteiger partial charge in [0.05, 0.1) is 12.0 Å². The molecule has 3 rings (SSSR count). The zero-order valence-electron chi connectivity index (χ0n) is 13.5. The second-order valence-corrected chi connectivity index (χ2v) is 5.68. The number of nitrogens with one attached hydrogen (secondary N) is 1. The smallest absolute Gasteiger partial charge is 0.244 e. The van der Waals surface area contributed by atoms with Gasteiger partial charge >= 0.3 is 0 Å². The van der Waals surface area contributed by atoms with Crippen molar-refractivity contribution in [1.82, 2.24) is 14.7 Å². The van der Waals surface area contributed by atoms with Gasteiger partial charge in [-0.05, 0) is 36.8 Å². The van der Waals surface area contributed by atoms with Gasteiger partial charge in [-0.3, -0.25) is 9.20 Å². The van der Waals surface area contributed by atoms with Crippen LogP contribution in [0.15, 0.2) is 53.3 Å². The Balaban J connectivity index is 1.41. The van der Waals surface area contributed by atoms with Crippen LogP contribution in [-0.4, -0.2) is 28.4 Å². The number of aromatic nitrogens is 2. The molecule has 130 valence electrons. The minimum atomic E-state index is -0.187. The van der Waals surface area contributed by atoms with Gasteiger partial charge in [-0.25, -0.2) is 4.98 Å². The number of nitrogens with zero attached hydrogens (tertiary/aromatic N) is 2. The Morgan fingerprint density at radius 1 is 1.36 bits per heavy atom. The molecule has 3 aromatic rings. The summed E-state index contributed by atoms with van der Waals surface area (Å²) in [5.41, 5.74) is 1.41. The molecule has 0 spiro atoms. The summed E-state index contributed by atoms with van der Waals surface area (Å²) in [5.74, 6) is 0.602. The molecule has 1 N–H and O–H groups in total. The van der Waals surface area contributed by atoms with Gasteiger partial charge in [-0.2, -0.15) is 0 Å². The molecule has 0 aliphatic carbocycles. The average molecular weight is 360 g/mol. The van der Waals surface area contributed by atoms with Gasteiger partial charge in [0.2, 0.25) is 5.91 Å². The van der Waals surface area contributed by atoms with Crippen LogP contribution in [-0.2, 0) is 16.1 Å². The zero-order valence-corrected chi connectivity index (χ0v) is 14.3. The van der Waals surface area contributed by atoms with Gasteiger partial charge in [-0.15, -0.1) is 0 Å². The van der Waals surface area contributed by atoms with Crippen molar-refractivity contribution in [2.24, 2.45) is 0 Å². The van der Waals surface area contributed by atoms with Gasteiger partial charge in [0, 0.05) is 25.4 Å². The topological polar surface area (TPSA) is 68.8 Å². The molecule has 0 atom stereocenters. The standard InChI is InChI=1S/C18H18ClN3O3/c19-18-15(22-10-2-1-6-16(22)21-18)7-8-17(23)20-9-4-11-24-13-14-5-3-12-25-14/h1-3,5-8,10,12H,4,9,11,13H2,(H,20,23). The highest BCUT2D eigenvalue weighted by molar-refractivity contribution is 6.31. The number of carbonyl (C=O) groups excluding carboxylic acids is 1. The van der Waals surface area contributed by atoms with Crippen LogP contribution >= 0.6 is 11.6 Å². The number of hydrogen-bond donors (Lipinski definition) is 1. The number of ether oxygens (including phenoxy) is 1. The van der Waals surface area contributed by atoms with Crippen molar-refractivity contribution in [1.29, 1.82) is 0 Å². The Morgan fingerprint density at radius 3 is 3.12 bits per heavy atom. The molecule has 0 saturated heterocycles. The van der Waals surface area contributed by atoms with E-state index in [1.807, 2.05) is 40.9 Å². The number of fused-ring (bicyclic) bond motifs is 1. The van der Waals surface area contributed by atoms with Crippen molar-refractivity contribution in [2.45, 2.75) is 13.0 Å². The number of rotatable bonds is 8. The van der Waals surface area contributed by atoms with Crippen molar-refractivity contribution >= 4 is 29.2 Å². The third-order valence-electron chi connectivity index (χ3n) is 3.50. The van der Waals surface area contributed by atoms with E-state index in [0.29, 0.717) is 30.6 Å². The highest BCUT2D eigenvalue weighted by atomic mass is 35.5. The molecular formula is C18H18ClN3O3. The number of imidazole rings is 1. The summed E-state index contributed by atoms with van der Waals surface area (Å²) in [7, 11) is 0. The summed E-state index contributed by atoms with van der Waals surface area (Å²) in [6, 6.07) is 9.29. The molecule has 0 aliphatic rings. The maximum Gasteiger partial charge on any atom is 0.244 e. The molecule has 0 radical (unpaired) electrons. The molecule has 0 aromatic carbocycles. The van der Waals surface area contributed by atoms with Crippen molar-refractivity contribution < 1.29 is 13.9 Å². The van der Waals surface area contributed by atoms with E-state index in [-0.39, 0.29) is 5.91 Å². The maximum absolute atomic E-state index is 11.9. The molecule has 1 amide bonds. The molecule has 3 heterocycles. The zero-order chi connectivity index (χ0) is 17.5. The van der Waals surface area contributed by atoms with Crippen LogP contribution in [0.1, 0.15) is 17.9 Å². The van der Waals surface area contributed by atoms with Gasteiger partial charge < -0.3 is 14.5 Å². The van der Waals surface area contributed by atoms with Crippen LogP contribution in [0.25, 0.3) is 11.7 Å². The number of pyridine rings is 1. The normalized spacial score (nSPS) is 11.4. The van der Waals surface area contributed by atoms with Crippen molar-refractivity contribution in [3.63, 3.8) is 0 Å². The predicted octanol–water partition coefficient (Wildman–Crippen LogP) is 3.32. The number of furan rings is 1. The summed E-state index contributed by atoms with van der Waals surface area (Å²) in [4.78, 5) is 16.1. The van der Waals surface area contributed by atoms with Crippen LogP contribution in [0.5, 0.6) is 0 Å². The first kappa shape index (κ1) is 17.3. The molecule has 0 bridgehead atoms. The lowest BCUT2D eigenvalue weighted by atomic mass is 10.3. The fourth-order valence-electron chi connectivity index (χ4n) is 2.30. The van der Waals surface area contributed by atoms with Gasteiger partial charge in [0.15, 0.2) is 5.15 Å². The Hall–Kier alpha value is -2.57. The van der Waals surface area contributed by atoms with E-state index >= 15 is 0 Å². The summed E-state index contributed by atoms with van der Waals surface area (Å²) in [6.07, 6.45) is 7.29. The van der Waals surface area contributed by atoms with E-state index < -0.39 is 0 Å². The minimum Gasteiger partial charge on any atom is -0.467 e. The van der Waals surface area contributed by atoms with Gasteiger partial charge in [-0.1, -0.05) is 17.7 Å². The highest BCUT2D eigenvalue weighted by Gasteiger charge is 2.07. The summed E-state index contributed by atoms with van der Waals surface area (Å²) in [5, 5.41) is 3.17. The Morgan fingerprint density at radius 2 is 2.28 bits per heavy atom. The fraction of sp³-hybridized carbons (Fsp3) is 0.222. The number of amides is 1. The molecule has 0 aliphatic heterocycles. The van der Waals surface area contributed by atoms with Crippen LogP contribution in [0.2, 0.25) is 5.15 Å². The first-order valence-corrected chi connectivity index (χ1v) is 8.30. The highest BCUT2D eigenvalue weighted by Crippen LogP contribution is 2.18. The molecule has 25 heavy (non-hydrogen) atoms. The molecule has 0 saturated carbocycles. The van der Waals surface area contributed by atoms with Crippen molar-refractivity contribution in [2.75, 3.05) is 13.2 Å². The lowest BCUT2D eigenvalue weighted by Crippen LogP contribution is -2.23. The van der Waals surface area contributed by atoms with Crippen LogP contribution in [0, 0.1) is 0 Å². The van der Waals surface area contributed by atoms with Gasteiger partial charge in [0.1, 0.15) is 18.0 Å². The number of halogens is 1. The van der Waals surface area contributed by atoms with E-state index in [1.165, 1.54) is 6.08 Å². The lowest BCUT2D eigenvalue weighted by Gasteiger charge is -2.03. The molecule has 7 heteroatoms. The van der Waals surface area contributed by atoms with E-state index in [9.17, 15) is 4.79 Å². The minimum absolute atomic E-state index is 0.187. The van der Waals surface area contributed by atoms with E-state index in [4.69, 9.17) is 20.8 Å².